The van der Waals surface area contributed by atoms with Gasteiger partial charge in [-0.1, -0.05) is 0 Å². The fourth-order valence-electron chi connectivity index (χ4n) is 0.861. The van der Waals surface area contributed by atoms with Crippen molar-refractivity contribution >= 4 is 29.1 Å². The van der Waals surface area contributed by atoms with Gasteiger partial charge in [0.05, 0.1) is 10.1 Å². The predicted molar refractivity (Wildman–Crippen MR) is 57.2 cm³/mol. The van der Waals surface area contributed by atoms with Crippen LogP contribution >= 0.6 is 12.2 Å². The molecule has 0 N–H and O–H groups in total. The molecule has 0 aliphatic carbocycles. The Kier molecular flexibility index (Phi) is 3.67. The molecule has 0 aliphatic heterocycles. The summed E-state index contributed by atoms with van der Waals surface area (Å²) in [6, 6.07) is 6.13. The molecule has 5 heteroatoms. The third-order valence-corrected chi connectivity index (χ3v) is 1.60. The molecule has 0 saturated carbocycles. The molecule has 1 aromatic rings. The highest BCUT2D eigenvalue weighted by Crippen LogP contribution is 2.12. The van der Waals surface area contributed by atoms with E-state index in [0.29, 0.717) is 0 Å². The molecule has 14 heavy (non-hydrogen) atoms. The Morgan fingerprint density at radius 1 is 1.43 bits per heavy atom. The van der Waals surface area contributed by atoms with Crippen molar-refractivity contribution in [2.45, 2.75) is 0 Å². The number of aliphatic imine (C=N–C) groups is 1. The third-order valence-electron chi connectivity index (χ3n) is 1.50. The van der Waals surface area contributed by atoms with Gasteiger partial charge < -0.3 is 0 Å². The lowest BCUT2D eigenvalue weighted by molar-refractivity contribution is -0.384. The van der Waals surface area contributed by atoms with Crippen molar-refractivity contribution < 1.29 is 4.92 Å². The fourth-order valence-corrected chi connectivity index (χ4v) is 0.922. The highest BCUT2D eigenvalue weighted by atomic mass is 32.1. The van der Waals surface area contributed by atoms with Crippen molar-refractivity contribution in [1.29, 1.82) is 0 Å². The molecule has 0 radical (unpaired) electrons. The number of thiocarbonyl (C=S) groups is 1. The molecular formula is C9H6N2O2S. The summed E-state index contributed by atoms with van der Waals surface area (Å²) in [6.45, 7) is 0. The molecule has 0 fully saturated rings. The third kappa shape index (κ3) is 2.90. The van der Waals surface area contributed by atoms with Gasteiger partial charge in [0.25, 0.3) is 5.69 Å². The van der Waals surface area contributed by atoms with Crippen molar-refractivity contribution in [3.05, 3.63) is 46.1 Å². The SMILES string of the molecule is O=[N+]([O-])c1ccc(/C=C/N=C=S)cc1. The first kappa shape index (κ1) is 10.2. The van der Waals surface area contributed by atoms with E-state index in [-0.39, 0.29) is 5.69 Å². The lowest BCUT2D eigenvalue weighted by Crippen LogP contribution is -1.86. The maximum atomic E-state index is 10.3. The monoisotopic (exact) mass is 206 g/mol. The van der Waals surface area contributed by atoms with Crippen molar-refractivity contribution in [3.8, 4) is 0 Å². The fraction of sp³-hybridized carbons (Fsp3) is 0. The first-order valence-corrected chi connectivity index (χ1v) is 4.13. The normalized spacial score (nSPS) is 9.71. The predicted octanol–water partition coefficient (Wildman–Crippen LogP) is 2.67. The number of nitrogens with zero attached hydrogens (tertiary/aromatic N) is 2. The van der Waals surface area contributed by atoms with Gasteiger partial charge in [-0.2, -0.15) is 0 Å². The molecule has 0 unspecified atom stereocenters. The highest BCUT2D eigenvalue weighted by molar-refractivity contribution is 7.78. The van der Waals surface area contributed by atoms with E-state index in [2.05, 4.69) is 22.4 Å². The van der Waals surface area contributed by atoms with Gasteiger partial charge in [0.2, 0.25) is 0 Å². The molecule has 0 spiro atoms. The van der Waals surface area contributed by atoms with Crippen LogP contribution in [0.2, 0.25) is 0 Å². The maximum absolute atomic E-state index is 10.3. The summed E-state index contributed by atoms with van der Waals surface area (Å²) in [7, 11) is 0. The van der Waals surface area contributed by atoms with Gasteiger partial charge >= 0.3 is 0 Å². The summed E-state index contributed by atoms with van der Waals surface area (Å²) in [4.78, 5) is 13.5. The Labute approximate surface area is 85.7 Å². The quantitative estimate of drug-likeness (QED) is 0.330. The van der Waals surface area contributed by atoms with E-state index < -0.39 is 4.92 Å². The molecule has 0 bridgehead atoms. The number of hydrogen-bond acceptors (Lipinski definition) is 4. The molecule has 1 rings (SSSR count). The van der Waals surface area contributed by atoms with Gasteiger partial charge in [-0.15, -0.1) is 0 Å². The molecule has 0 saturated heterocycles. The zero-order chi connectivity index (χ0) is 10.4. The highest BCUT2D eigenvalue weighted by Gasteiger charge is 2.01. The van der Waals surface area contributed by atoms with Crippen molar-refractivity contribution in [2.75, 3.05) is 0 Å². The Morgan fingerprint density at radius 3 is 2.57 bits per heavy atom. The van der Waals surface area contributed by atoms with Crippen molar-refractivity contribution in [1.82, 2.24) is 0 Å². The van der Waals surface area contributed by atoms with Gasteiger partial charge in [0, 0.05) is 18.3 Å². The zero-order valence-corrected chi connectivity index (χ0v) is 7.90. The van der Waals surface area contributed by atoms with Crippen LogP contribution in [0, 0.1) is 10.1 Å². The Balaban J connectivity index is 2.83. The first-order valence-electron chi connectivity index (χ1n) is 3.72. The van der Waals surface area contributed by atoms with Crippen LogP contribution in [0.25, 0.3) is 6.08 Å². The number of benzene rings is 1. The number of non-ortho nitro benzene ring substituents is 1. The largest absolute Gasteiger partial charge is 0.269 e. The van der Waals surface area contributed by atoms with Crippen molar-refractivity contribution in [2.24, 2.45) is 4.99 Å². The number of hydrogen-bond donors (Lipinski definition) is 0. The number of nitro groups is 1. The second-order valence-electron chi connectivity index (χ2n) is 2.38. The van der Waals surface area contributed by atoms with Crippen LogP contribution in [0.4, 0.5) is 5.69 Å². The topological polar surface area (TPSA) is 55.5 Å². The van der Waals surface area contributed by atoms with E-state index in [1.165, 1.54) is 18.3 Å². The van der Waals surface area contributed by atoms with E-state index in [1.54, 1.807) is 18.2 Å². The van der Waals surface area contributed by atoms with Gasteiger partial charge in [0.1, 0.15) is 0 Å². The zero-order valence-electron chi connectivity index (χ0n) is 7.08. The van der Waals surface area contributed by atoms with Crippen LogP contribution in [-0.2, 0) is 0 Å². The van der Waals surface area contributed by atoms with Crippen molar-refractivity contribution in [3.63, 3.8) is 0 Å². The van der Waals surface area contributed by atoms with E-state index in [1.807, 2.05) is 0 Å². The first-order chi connectivity index (χ1) is 6.74. The molecule has 0 heterocycles. The summed E-state index contributed by atoms with van der Waals surface area (Å²) in [6.07, 6.45) is 3.16. The summed E-state index contributed by atoms with van der Waals surface area (Å²) in [5, 5.41) is 12.5. The van der Waals surface area contributed by atoms with Crippen LogP contribution in [-0.4, -0.2) is 10.1 Å². The number of nitro benzene ring substituents is 1. The van der Waals surface area contributed by atoms with Gasteiger partial charge in [-0.3, -0.25) is 10.1 Å². The second-order valence-corrected chi connectivity index (χ2v) is 2.57. The molecule has 0 aliphatic rings. The molecule has 4 nitrogen and oxygen atoms in total. The average molecular weight is 206 g/mol. The van der Waals surface area contributed by atoms with Gasteiger partial charge in [-0.25, -0.2) is 4.99 Å². The Hall–Kier alpha value is -1.84. The second kappa shape index (κ2) is 5.01. The van der Waals surface area contributed by atoms with Crippen LogP contribution in [0.5, 0.6) is 0 Å². The Bertz CT molecular complexity index is 405. The summed E-state index contributed by atoms with van der Waals surface area (Å²) in [5.41, 5.74) is 0.894. The molecule has 70 valence electrons. The smallest absolute Gasteiger partial charge is 0.258 e. The average Bonchev–Trinajstić information content (AvgIpc) is 2.19. The molecule has 0 amide bonds. The van der Waals surface area contributed by atoms with Crippen LogP contribution in [0.3, 0.4) is 0 Å². The summed E-state index contributed by atoms with van der Waals surface area (Å²) >= 11 is 4.37. The van der Waals surface area contributed by atoms with Crippen LogP contribution in [0.15, 0.2) is 35.5 Å². The minimum atomic E-state index is -0.442. The van der Waals surface area contributed by atoms with Gasteiger partial charge in [0.15, 0.2) is 0 Å². The van der Waals surface area contributed by atoms with E-state index in [4.69, 9.17) is 0 Å². The summed E-state index contributed by atoms with van der Waals surface area (Å²) in [5.74, 6) is 0. The summed E-state index contributed by atoms with van der Waals surface area (Å²) < 4.78 is 0. The lowest BCUT2D eigenvalue weighted by atomic mass is 10.2. The Morgan fingerprint density at radius 2 is 2.07 bits per heavy atom. The minimum Gasteiger partial charge on any atom is -0.258 e. The molecule has 1 aromatic carbocycles. The molecule has 0 atom stereocenters. The standard InChI is InChI=1S/C9H6N2O2S/c12-11(13)9-3-1-8(2-4-9)5-6-10-7-14/h1-6H/b6-5+. The number of rotatable bonds is 3. The van der Waals surface area contributed by atoms with E-state index >= 15 is 0 Å². The lowest BCUT2D eigenvalue weighted by Gasteiger charge is -1.91. The molecule has 0 aromatic heterocycles. The van der Waals surface area contributed by atoms with Crippen LogP contribution in [0.1, 0.15) is 5.56 Å². The maximum Gasteiger partial charge on any atom is 0.269 e. The number of isothiocyanates is 1. The molecular weight excluding hydrogens is 200 g/mol. The van der Waals surface area contributed by atoms with E-state index in [9.17, 15) is 10.1 Å². The minimum absolute atomic E-state index is 0.0699. The van der Waals surface area contributed by atoms with Crippen LogP contribution < -0.4 is 0 Å². The van der Waals surface area contributed by atoms with Gasteiger partial charge in [-0.05, 0) is 36.0 Å². The van der Waals surface area contributed by atoms with E-state index in [0.717, 1.165) is 5.56 Å².